The van der Waals surface area contributed by atoms with E-state index in [0.717, 1.165) is 12.1 Å². The highest BCUT2D eigenvalue weighted by Crippen LogP contribution is 2.25. The van der Waals surface area contributed by atoms with Crippen LogP contribution < -0.4 is 5.73 Å². The predicted molar refractivity (Wildman–Crippen MR) is 51.6 cm³/mol. The number of carbonyl (C=O) groups excluding carboxylic acids is 1. The summed E-state index contributed by atoms with van der Waals surface area (Å²) >= 11 is 5.61. The fraction of sp³-hybridized carbons (Fsp3) is 0.222. The lowest BCUT2D eigenvalue weighted by atomic mass is 10.0. The van der Waals surface area contributed by atoms with E-state index in [0.29, 0.717) is 0 Å². The van der Waals surface area contributed by atoms with Crippen LogP contribution in [-0.4, -0.2) is 22.2 Å². The zero-order valence-corrected chi connectivity index (χ0v) is 8.28. The van der Waals surface area contributed by atoms with Gasteiger partial charge in [0.2, 0.25) is 5.91 Å². The smallest absolute Gasteiger partial charge is 0.249 e. The molecule has 4 nitrogen and oxygen atoms in total. The van der Waals surface area contributed by atoms with Gasteiger partial charge in [0.1, 0.15) is 11.9 Å². The highest BCUT2D eigenvalue weighted by Gasteiger charge is 2.25. The van der Waals surface area contributed by atoms with Gasteiger partial charge in [-0.2, -0.15) is 0 Å². The van der Waals surface area contributed by atoms with E-state index in [1.807, 2.05) is 0 Å². The topological polar surface area (TPSA) is 83.6 Å². The molecule has 1 aromatic rings. The SMILES string of the molecule is NC(=O)C(O)C(O)c1ccc(F)cc1Cl. The first-order valence-corrected chi connectivity index (χ1v) is 4.41. The van der Waals surface area contributed by atoms with Gasteiger partial charge >= 0.3 is 0 Å². The van der Waals surface area contributed by atoms with Crippen molar-refractivity contribution in [2.75, 3.05) is 0 Å². The molecule has 0 aliphatic carbocycles. The average molecular weight is 234 g/mol. The van der Waals surface area contributed by atoms with Crippen LogP contribution in [0.15, 0.2) is 18.2 Å². The van der Waals surface area contributed by atoms with Crippen molar-refractivity contribution < 1.29 is 19.4 Å². The Morgan fingerprint density at radius 2 is 2.07 bits per heavy atom. The Kier molecular flexibility index (Phi) is 3.62. The van der Waals surface area contributed by atoms with Crippen LogP contribution in [0.2, 0.25) is 5.02 Å². The largest absolute Gasteiger partial charge is 0.385 e. The van der Waals surface area contributed by atoms with Crippen molar-refractivity contribution in [3.63, 3.8) is 0 Å². The van der Waals surface area contributed by atoms with Gasteiger partial charge in [0, 0.05) is 10.6 Å². The minimum Gasteiger partial charge on any atom is -0.385 e. The molecule has 0 aliphatic heterocycles. The van der Waals surface area contributed by atoms with Crippen molar-refractivity contribution in [2.24, 2.45) is 5.73 Å². The molecule has 1 aromatic carbocycles. The highest BCUT2D eigenvalue weighted by molar-refractivity contribution is 6.31. The maximum atomic E-state index is 12.7. The molecular formula is C9H9ClFNO3. The molecule has 82 valence electrons. The minimum absolute atomic E-state index is 0.0457. The first kappa shape index (κ1) is 11.9. The van der Waals surface area contributed by atoms with Gasteiger partial charge < -0.3 is 15.9 Å². The Hall–Kier alpha value is -1.17. The number of aliphatic hydroxyl groups is 2. The summed E-state index contributed by atoms with van der Waals surface area (Å²) in [5.41, 5.74) is 4.83. The van der Waals surface area contributed by atoms with Gasteiger partial charge in [0.05, 0.1) is 0 Å². The lowest BCUT2D eigenvalue weighted by Crippen LogP contribution is -2.34. The molecular weight excluding hydrogens is 225 g/mol. The third-order valence-corrected chi connectivity index (χ3v) is 2.20. The number of amides is 1. The molecule has 0 saturated heterocycles. The van der Waals surface area contributed by atoms with Crippen LogP contribution in [0, 0.1) is 5.82 Å². The summed E-state index contributed by atoms with van der Waals surface area (Å²) in [5.74, 6) is -1.66. The molecule has 15 heavy (non-hydrogen) atoms. The molecule has 1 amide bonds. The van der Waals surface area contributed by atoms with Crippen LogP contribution in [0.25, 0.3) is 0 Å². The van der Waals surface area contributed by atoms with Crippen molar-refractivity contribution >= 4 is 17.5 Å². The Morgan fingerprint density at radius 3 is 2.53 bits per heavy atom. The summed E-state index contributed by atoms with van der Waals surface area (Å²) in [5, 5.41) is 18.6. The summed E-state index contributed by atoms with van der Waals surface area (Å²) < 4.78 is 12.7. The summed E-state index contributed by atoms with van der Waals surface area (Å²) in [6.07, 6.45) is -3.33. The van der Waals surface area contributed by atoms with Crippen LogP contribution in [0.3, 0.4) is 0 Å². The molecule has 2 atom stereocenters. The molecule has 0 aliphatic rings. The molecule has 0 saturated carbocycles. The maximum Gasteiger partial charge on any atom is 0.249 e. The fourth-order valence-corrected chi connectivity index (χ4v) is 1.35. The molecule has 0 bridgehead atoms. The third-order valence-electron chi connectivity index (χ3n) is 1.87. The number of rotatable bonds is 3. The summed E-state index contributed by atoms with van der Waals surface area (Å²) in [6, 6.07) is 3.19. The van der Waals surface area contributed by atoms with Crippen LogP contribution in [-0.2, 0) is 4.79 Å². The number of hydrogen-bond donors (Lipinski definition) is 3. The van der Waals surface area contributed by atoms with E-state index in [4.69, 9.17) is 22.4 Å². The van der Waals surface area contributed by atoms with Crippen LogP contribution in [0.4, 0.5) is 4.39 Å². The Balaban J connectivity index is 3.01. The lowest BCUT2D eigenvalue weighted by Gasteiger charge is -2.16. The van der Waals surface area contributed by atoms with E-state index in [-0.39, 0.29) is 10.6 Å². The van der Waals surface area contributed by atoms with Crippen LogP contribution in [0.5, 0.6) is 0 Å². The number of benzene rings is 1. The van der Waals surface area contributed by atoms with Crippen LogP contribution in [0.1, 0.15) is 11.7 Å². The standard InChI is InChI=1S/C9H9ClFNO3/c10-6-3-4(11)1-2-5(6)7(13)8(14)9(12)15/h1-3,7-8,13-14H,(H2,12,15). The first-order chi connectivity index (χ1) is 6.93. The number of primary amides is 1. The number of aliphatic hydroxyl groups excluding tert-OH is 2. The van der Waals surface area contributed by atoms with E-state index in [9.17, 15) is 14.3 Å². The van der Waals surface area contributed by atoms with Crippen molar-refractivity contribution in [1.29, 1.82) is 0 Å². The molecule has 2 unspecified atom stereocenters. The Bertz CT molecular complexity index is 386. The zero-order valence-electron chi connectivity index (χ0n) is 7.52. The zero-order chi connectivity index (χ0) is 11.6. The molecule has 0 heterocycles. The van der Waals surface area contributed by atoms with Gasteiger partial charge in [0.15, 0.2) is 6.10 Å². The van der Waals surface area contributed by atoms with Gasteiger partial charge in [-0.05, 0) is 12.1 Å². The lowest BCUT2D eigenvalue weighted by molar-refractivity contribution is -0.131. The van der Waals surface area contributed by atoms with E-state index in [2.05, 4.69) is 0 Å². The summed E-state index contributed by atoms with van der Waals surface area (Å²) in [6.45, 7) is 0. The molecule has 4 N–H and O–H groups in total. The number of hydrogen-bond acceptors (Lipinski definition) is 3. The third kappa shape index (κ3) is 2.65. The average Bonchev–Trinajstić information content (AvgIpc) is 2.15. The van der Waals surface area contributed by atoms with E-state index < -0.39 is 23.9 Å². The Labute approximate surface area is 90.1 Å². The van der Waals surface area contributed by atoms with Crippen molar-refractivity contribution in [2.45, 2.75) is 12.2 Å². The Morgan fingerprint density at radius 1 is 1.47 bits per heavy atom. The van der Waals surface area contributed by atoms with Gasteiger partial charge in [-0.3, -0.25) is 4.79 Å². The van der Waals surface area contributed by atoms with Gasteiger partial charge in [0.25, 0.3) is 0 Å². The molecule has 0 radical (unpaired) electrons. The van der Waals surface area contributed by atoms with Gasteiger partial charge in [-0.25, -0.2) is 4.39 Å². The summed E-state index contributed by atoms with van der Waals surface area (Å²) in [7, 11) is 0. The van der Waals surface area contributed by atoms with E-state index in [1.54, 1.807) is 0 Å². The van der Waals surface area contributed by atoms with Crippen LogP contribution >= 0.6 is 11.6 Å². The second-order valence-electron chi connectivity index (χ2n) is 2.96. The second kappa shape index (κ2) is 4.57. The molecule has 6 heteroatoms. The number of halogens is 2. The number of carbonyl (C=O) groups is 1. The minimum atomic E-state index is -1.77. The monoisotopic (exact) mass is 233 g/mol. The van der Waals surface area contributed by atoms with Gasteiger partial charge in [-0.15, -0.1) is 0 Å². The molecule has 0 fully saturated rings. The fourth-order valence-electron chi connectivity index (χ4n) is 1.07. The van der Waals surface area contributed by atoms with E-state index >= 15 is 0 Å². The summed E-state index contributed by atoms with van der Waals surface area (Å²) in [4.78, 5) is 10.6. The normalized spacial score (nSPS) is 14.7. The highest BCUT2D eigenvalue weighted by atomic mass is 35.5. The first-order valence-electron chi connectivity index (χ1n) is 4.04. The number of nitrogens with two attached hydrogens (primary N) is 1. The predicted octanol–water partition coefficient (Wildman–Crippen LogP) is 0.359. The molecule has 0 aromatic heterocycles. The van der Waals surface area contributed by atoms with E-state index in [1.165, 1.54) is 6.07 Å². The van der Waals surface area contributed by atoms with Crippen molar-refractivity contribution in [3.05, 3.63) is 34.6 Å². The molecule has 1 rings (SSSR count). The quantitative estimate of drug-likeness (QED) is 0.705. The molecule has 0 spiro atoms. The van der Waals surface area contributed by atoms with Gasteiger partial charge in [-0.1, -0.05) is 17.7 Å². The van der Waals surface area contributed by atoms with Crippen molar-refractivity contribution in [1.82, 2.24) is 0 Å². The maximum absolute atomic E-state index is 12.7. The second-order valence-corrected chi connectivity index (χ2v) is 3.37. The van der Waals surface area contributed by atoms with Crippen molar-refractivity contribution in [3.8, 4) is 0 Å².